The monoisotopic (exact) mass is 420 g/mol. The van der Waals surface area contributed by atoms with Crippen LogP contribution in [0, 0.1) is 6.92 Å². The Morgan fingerprint density at radius 2 is 2.04 bits per heavy atom. The molecule has 0 saturated heterocycles. The molecule has 8 heteroatoms. The van der Waals surface area contributed by atoms with E-state index in [0.29, 0.717) is 22.9 Å². The molecule has 122 valence electrons. The number of thioether (sulfide) groups is 1. The molecule has 1 aromatic carbocycles. The molecule has 0 amide bonds. The molecule has 0 bridgehead atoms. The van der Waals surface area contributed by atoms with Gasteiger partial charge in [0.2, 0.25) is 5.78 Å². The van der Waals surface area contributed by atoms with Crippen molar-refractivity contribution in [1.82, 2.24) is 19.2 Å². The van der Waals surface area contributed by atoms with Crippen LogP contribution in [0.4, 0.5) is 0 Å². The summed E-state index contributed by atoms with van der Waals surface area (Å²) in [7, 11) is 0. The zero-order valence-corrected chi connectivity index (χ0v) is 16.2. The summed E-state index contributed by atoms with van der Waals surface area (Å²) in [6.07, 6.45) is 1.92. The average molecular weight is 421 g/mol. The van der Waals surface area contributed by atoms with Gasteiger partial charge in [-0.3, -0.25) is 4.79 Å². The van der Waals surface area contributed by atoms with Crippen molar-refractivity contribution in [2.45, 2.75) is 18.6 Å². The third kappa shape index (κ3) is 2.58. The maximum atomic E-state index is 12.8. The molecule has 5 nitrogen and oxygen atoms in total. The van der Waals surface area contributed by atoms with Crippen LogP contribution < -0.4 is 5.56 Å². The van der Waals surface area contributed by atoms with Crippen molar-refractivity contribution in [1.29, 1.82) is 0 Å². The number of nitrogens with zero attached hydrogens (tertiary/aromatic N) is 4. The van der Waals surface area contributed by atoms with E-state index in [-0.39, 0.29) is 5.56 Å². The van der Waals surface area contributed by atoms with Crippen molar-refractivity contribution in [3.8, 4) is 0 Å². The van der Waals surface area contributed by atoms with Crippen molar-refractivity contribution >= 4 is 55.0 Å². The number of aromatic nitrogens is 4. The summed E-state index contributed by atoms with van der Waals surface area (Å²) in [5.74, 6) is 0.585. The topological polar surface area (TPSA) is 52.2 Å². The Morgan fingerprint density at radius 1 is 1.29 bits per heavy atom. The van der Waals surface area contributed by atoms with Gasteiger partial charge in [0, 0.05) is 9.35 Å². The van der Waals surface area contributed by atoms with Gasteiger partial charge in [0.25, 0.3) is 5.56 Å². The lowest BCUT2D eigenvalue weighted by Crippen LogP contribution is -2.15. The summed E-state index contributed by atoms with van der Waals surface area (Å²) in [4.78, 5) is 19.4. The highest BCUT2D eigenvalue weighted by molar-refractivity contribution is 9.10. The van der Waals surface area contributed by atoms with Gasteiger partial charge in [-0.15, -0.1) is 16.4 Å². The van der Waals surface area contributed by atoms with Crippen LogP contribution in [0.5, 0.6) is 0 Å². The molecule has 24 heavy (non-hydrogen) atoms. The third-order valence-corrected chi connectivity index (χ3v) is 5.83. The second-order valence-electron chi connectivity index (χ2n) is 5.40. The van der Waals surface area contributed by atoms with Gasteiger partial charge in [-0.2, -0.15) is 0 Å². The summed E-state index contributed by atoms with van der Waals surface area (Å²) in [5, 5.41) is 5.90. The van der Waals surface area contributed by atoms with Crippen LogP contribution in [-0.2, 0) is 6.54 Å². The molecule has 0 saturated carbocycles. The normalized spacial score (nSPS) is 11.6. The number of halogens is 1. The smallest absolute Gasteiger partial charge is 0.268 e. The van der Waals surface area contributed by atoms with Gasteiger partial charge < -0.3 is 0 Å². The predicted molar refractivity (Wildman–Crippen MR) is 102 cm³/mol. The lowest BCUT2D eigenvalue weighted by Gasteiger charge is -2.03. The first kappa shape index (κ1) is 15.9. The molecular weight excluding hydrogens is 408 g/mol. The van der Waals surface area contributed by atoms with Crippen molar-refractivity contribution in [2.75, 3.05) is 6.26 Å². The van der Waals surface area contributed by atoms with Crippen molar-refractivity contribution < 1.29 is 0 Å². The zero-order valence-electron chi connectivity index (χ0n) is 13.0. The second-order valence-corrected chi connectivity index (χ2v) is 8.32. The molecule has 0 aliphatic carbocycles. The fraction of sp³-hybridized carbons (Fsp3) is 0.188. The Balaban J connectivity index is 1.95. The molecule has 0 spiro atoms. The molecule has 3 heterocycles. The first-order chi connectivity index (χ1) is 11.6. The van der Waals surface area contributed by atoms with E-state index < -0.39 is 0 Å². The van der Waals surface area contributed by atoms with E-state index in [1.165, 1.54) is 23.1 Å². The van der Waals surface area contributed by atoms with Crippen LogP contribution in [-0.4, -0.2) is 25.4 Å². The molecule has 0 aliphatic rings. The Hall–Kier alpha value is -1.64. The van der Waals surface area contributed by atoms with E-state index in [2.05, 4.69) is 21.0 Å². The van der Waals surface area contributed by atoms with Crippen LogP contribution in [0.2, 0.25) is 0 Å². The Bertz CT molecular complexity index is 1110. The Morgan fingerprint density at radius 3 is 2.75 bits per heavy atom. The predicted octanol–water partition coefficient (Wildman–Crippen LogP) is 3.95. The van der Waals surface area contributed by atoms with Crippen molar-refractivity contribution in [3.63, 3.8) is 0 Å². The highest BCUT2D eigenvalue weighted by Gasteiger charge is 2.17. The third-order valence-electron chi connectivity index (χ3n) is 3.73. The molecule has 0 atom stereocenters. The van der Waals surface area contributed by atoms with E-state index in [0.717, 1.165) is 19.7 Å². The molecule has 4 aromatic rings. The maximum absolute atomic E-state index is 12.8. The molecule has 0 unspecified atom stereocenters. The number of thiophene rings is 1. The number of aryl methyl sites for hydroxylation is 1. The first-order valence-electron chi connectivity index (χ1n) is 7.25. The second kappa shape index (κ2) is 6.02. The number of benzene rings is 1. The summed E-state index contributed by atoms with van der Waals surface area (Å²) in [6.45, 7) is 2.56. The number of hydrogen-bond acceptors (Lipinski definition) is 5. The van der Waals surface area contributed by atoms with Crippen molar-refractivity contribution in [3.05, 3.63) is 55.6 Å². The number of rotatable bonds is 3. The highest BCUT2D eigenvalue weighted by Crippen LogP contribution is 2.23. The van der Waals surface area contributed by atoms with E-state index >= 15 is 0 Å². The highest BCUT2D eigenvalue weighted by atomic mass is 79.9. The SMILES string of the molecule is CSc1nn(Cc2ccc(Br)cc2)c2nc3sc(C)cc3c(=O)n12. The fourth-order valence-corrected chi connectivity index (χ4v) is 4.29. The fourth-order valence-electron chi connectivity index (χ4n) is 2.63. The van der Waals surface area contributed by atoms with E-state index in [4.69, 9.17) is 4.98 Å². The Kier molecular flexibility index (Phi) is 3.98. The van der Waals surface area contributed by atoms with Crippen LogP contribution in [0.25, 0.3) is 16.0 Å². The molecule has 4 rings (SSSR count). The minimum absolute atomic E-state index is 0.0502. The zero-order chi connectivity index (χ0) is 16.8. The van der Waals surface area contributed by atoms with Crippen LogP contribution in [0.1, 0.15) is 10.4 Å². The minimum Gasteiger partial charge on any atom is -0.268 e. The number of hydrogen-bond donors (Lipinski definition) is 0. The molecular formula is C16H13BrN4OS2. The van der Waals surface area contributed by atoms with Gasteiger partial charge in [0.15, 0.2) is 5.16 Å². The first-order valence-corrected chi connectivity index (χ1v) is 10.1. The van der Waals surface area contributed by atoms with Gasteiger partial charge in [-0.05, 0) is 36.9 Å². The van der Waals surface area contributed by atoms with Gasteiger partial charge in [-0.1, -0.05) is 39.8 Å². The molecule has 0 radical (unpaired) electrons. The van der Waals surface area contributed by atoms with E-state index in [1.54, 1.807) is 9.08 Å². The minimum atomic E-state index is -0.0502. The van der Waals surface area contributed by atoms with E-state index in [9.17, 15) is 4.79 Å². The molecule has 0 fully saturated rings. The van der Waals surface area contributed by atoms with Crippen molar-refractivity contribution in [2.24, 2.45) is 0 Å². The summed E-state index contributed by atoms with van der Waals surface area (Å²) in [6, 6.07) is 9.96. The lowest BCUT2D eigenvalue weighted by molar-refractivity contribution is 0.681. The lowest BCUT2D eigenvalue weighted by atomic mass is 10.2. The van der Waals surface area contributed by atoms with Crippen LogP contribution in [0.15, 0.2) is 44.8 Å². The van der Waals surface area contributed by atoms with E-state index in [1.807, 2.05) is 43.5 Å². The Labute approximate surface area is 154 Å². The van der Waals surface area contributed by atoms with Gasteiger partial charge in [0.1, 0.15) is 4.83 Å². The standard InChI is InChI=1S/C16H13BrN4OS2/c1-9-7-12-13(24-9)18-15-20(8-10-3-5-11(17)6-4-10)19-16(23-2)21(15)14(12)22/h3-7H,8H2,1-2H3. The quantitative estimate of drug-likeness (QED) is 0.470. The molecule has 0 N–H and O–H groups in total. The van der Waals surface area contributed by atoms with Crippen LogP contribution in [0.3, 0.4) is 0 Å². The van der Waals surface area contributed by atoms with Crippen LogP contribution >= 0.6 is 39.0 Å². The largest absolute Gasteiger partial charge is 0.270 e. The number of fused-ring (bicyclic) bond motifs is 2. The van der Waals surface area contributed by atoms with Gasteiger partial charge in [0.05, 0.1) is 11.9 Å². The summed E-state index contributed by atoms with van der Waals surface area (Å²) in [5.41, 5.74) is 1.05. The summed E-state index contributed by atoms with van der Waals surface area (Å²) >= 11 is 6.43. The molecule has 0 aliphatic heterocycles. The summed E-state index contributed by atoms with van der Waals surface area (Å²) < 4.78 is 4.44. The average Bonchev–Trinajstić information content (AvgIpc) is 3.10. The van der Waals surface area contributed by atoms with Gasteiger partial charge >= 0.3 is 0 Å². The maximum Gasteiger partial charge on any atom is 0.270 e. The van der Waals surface area contributed by atoms with Gasteiger partial charge in [-0.25, -0.2) is 14.1 Å². The molecule has 3 aromatic heterocycles.